The first-order chi connectivity index (χ1) is 25.5. The van der Waals surface area contributed by atoms with Gasteiger partial charge < -0.3 is 29.5 Å². The van der Waals surface area contributed by atoms with E-state index in [1.165, 1.54) is 21.7 Å². The average Bonchev–Trinajstić information content (AvgIpc) is 3.63. The molecule has 0 saturated carbocycles. The van der Waals surface area contributed by atoms with Crippen molar-refractivity contribution in [2.24, 2.45) is 23.7 Å². The van der Waals surface area contributed by atoms with Crippen LogP contribution in [-0.4, -0.2) is 107 Å². The highest BCUT2D eigenvalue weighted by Crippen LogP contribution is 2.27. The summed E-state index contributed by atoms with van der Waals surface area (Å²) >= 11 is 0. The number of likely N-dealkylation sites (N-methyl/N-ethyl adjacent to an activating group) is 2. The highest BCUT2D eigenvalue weighted by molar-refractivity contribution is 5.95. The van der Waals surface area contributed by atoms with E-state index in [2.05, 4.69) is 11.9 Å². The van der Waals surface area contributed by atoms with Crippen molar-refractivity contribution >= 4 is 35.6 Å². The number of nitrogens with one attached hydrogen (secondary N) is 1. The first-order valence-corrected chi connectivity index (χ1v) is 19.7. The molecule has 12 nitrogen and oxygen atoms in total. The monoisotopic (exact) mass is 752 g/mol. The maximum Gasteiger partial charge on any atom is 0.329 e. The highest BCUT2D eigenvalue weighted by Gasteiger charge is 2.45. The molecule has 4 amide bonds. The summed E-state index contributed by atoms with van der Waals surface area (Å²) in [6.07, 6.45) is 3.73. The second kappa shape index (κ2) is 20.5. The smallest absolute Gasteiger partial charge is 0.329 e. The summed E-state index contributed by atoms with van der Waals surface area (Å²) in [6.45, 7) is 16.7. The third-order valence-corrected chi connectivity index (χ3v) is 11.1. The molecule has 8 atom stereocenters. The number of carbonyl (C=O) groups excluding carboxylic acids is 6. The Bertz CT molecular complexity index is 1470. The normalized spacial score (nSPS) is 27.5. The van der Waals surface area contributed by atoms with Gasteiger partial charge in [-0.25, -0.2) is 9.59 Å². The zero-order valence-electron chi connectivity index (χ0n) is 33.9. The SMILES string of the molecule is C=CCCCCC1OC(=O)C(C(C)C)N(C)C(=O)C2CCCN2C(=O)C(Cc2ccccc2)OC(=O)C(C(C)CC)N(C)C(=O)C(C(C)C)NC(=O)C1C. The van der Waals surface area contributed by atoms with E-state index in [1.54, 1.807) is 27.8 Å². The van der Waals surface area contributed by atoms with E-state index in [9.17, 15) is 28.8 Å². The Morgan fingerprint density at radius 1 is 0.852 bits per heavy atom. The summed E-state index contributed by atoms with van der Waals surface area (Å²) in [5, 5.41) is 2.91. The van der Waals surface area contributed by atoms with Crippen LogP contribution in [0.4, 0.5) is 0 Å². The maximum absolute atomic E-state index is 14.5. The number of unbranched alkanes of at least 4 members (excludes halogenated alkanes) is 2. The predicted molar refractivity (Wildman–Crippen MR) is 207 cm³/mol. The van der Waals surface area contributed by atoms with Crippen LogP contribution in [0.25, 0.3) is 0 Å². The van der Waals surface area contributed by atoms with Crippen LogP contribution in [0.1, 0.15) is 99.0 Å². The number of cyclic esters (lactones) is 2. The Balaban J connectivity index is 2.18. The summed E-state index contributed by atoms with van der Waals surface area (Å²) in [5.41, 5.74) is 0.754. The van der Waals surface area contributed by atoms with Gasteiger partial charge in [-0.2, -0.15) is 0 Å². The second-order valence-corrected chi connectivity index (χ2v) is 15.8. The van der Waals surface area contributed by atoms with Gasteiger partial charge in [0.25, 0.3) is 5.91 Å². The summed E-state index contributed by atoms with van der Waals surface area (Å²) in [5.74, 6) is -5.22. The maximum atomic E-state index is 14.5. The lowest BCUT2D eigenvalue weighted by Gasteiger charge is -2.36. The molecular formula is C42H64N4O8. The number of carbonyl (C=O) groups is 6. The molecule has 2 fully saturated rings. The first-order valence-electron chi connectivity index (χ1n) is 19.7. The van der Waals surface area contributed by atoms with Gasteiger partial charge in [0, 0.05) is 27.1 Å². The molecule has 2 aliphatic rings. The lowest BCUT2D eigenvalue weighted by molar-refractivity contribution is -0.170. The molecule has 3 rings (SSSR count). The molecule has 0 radical (unpaired) electrons. The average molecular weight is 753 g/mol. The van der Waals surface area contributed by atoms with Gasteiger partial charge in [-0.3, -0.25) is 19.2 Å². The van der Waals surface area contributed by atoms with Crippen LogP contribution < -0.4 is 5.32 Å². The van der Waals surface area contributed by atoms with Crippen LogP contribution in [0.2, 0.25) is 0 Å². The minimum atomic E-state index is -1.29. The van der Waals surface area contributed by atoms with Crippen molar-refractivity contribution in [3.05, 3.63) is 48.6 Å². The quantitative estimate of drug-likeness (QED) is 0.191. The van der Waals surface area contributed by atoms with Gasteiger partial charge in [0.1, 0.15) is 30.3 Å². The van der Waals surface area contributed by atoms with Crippen molar-refractivity contribution in [1.29, 1.82) is 0 Å². The van der Waals surface area contributed by atoms with E-state index >= 15 is 0 Å². The third kappa shape index (κ3) is 10.9. The molecule has 1 N–H and O–H groups in total. The highest BCUT2D eigenvalue weighted by atomic mass is 16.6. The van der Waals surface area contributed by atoms with E-state index in [-0.39, 0.29) is 30.7 Å². The van der Waals surface area contributed by atoms with Crippen molar-refractivity contribution < 1.29 is 38.2 Å². The van der Waals surface area contributed by atoms with Crippen LogP contribution >= 0.6 is 0 Å². The van der Waals surface area contributed by atoms with E-state index in [0.717, 1.165) is 18.4 Å². The predicted octanol–water partition coefficient (Wildman–Crippen LogP) is 4.94. The molecule has 2 heterocycles. The fraction of sp³-hybridized carbons (Fsp3) is 0.667. The second-order valence-electron chi connectivity index (χ2n) is 15.8. The largest absolute Gasteiger partial charge is 0.460 e. The van der Waals surface area contributed by atoms with Crippen LogP contribution in [0, 0.1) is 23.7 Å². The number of amides is 4. The van der Waals surface area contributed by atoms with Gasteiger partial charge in [0.15, 0.2) is 6.10 Å². The minimum absolute atomic E-state index is 0.0568. The van der Waals surface area contributed by atoms with Gasteiger partial charge >= 0.3 is 11.9 Å². The lowest BCUT2D eigenvalue weighted by Crippen LogP contribution is -2.58. The van der Waals surface area contributed by atoms with Crippen LogP contribution in [0.5, 0.6) is 0 Å². The van der Waals surface area contributed by atoms with Gasteiger partial charge in [-0.05, 0) is 61.8 Å². The van der Waals surface area contributed by atoms with Crippen LogP contribution in [0.3, 0.4) is 0 Å². The molecule has 1 aromatic rings. The minimum Gasteiger partial charge on any atom is -0.460 e. The van der Waals surface area contributed by atoms with E-state index < -0.39 is 77.9 Å². The summed E-state index contributed by atoms with van der Waals surface area (Å²) < 4.78 is 12.3. The molecule has 2 saturated heterocycles. The summed E-state index contributed by atoms with van der Waals surface area (Å²) in [4.78, 5) is 89.6. The van der Waals surface area contributed by atoms with E-state index in [4.69, 9.17) is 9.47 Å². The van der Waals surface area contributed by atoms with Crippen molar-refractivity contribution in [3.63, 3.8) is 0 Å². The van der Waals surface area contributed by atoms with Gasteiger partial charge in [0.05, 0.1) is 5.92 Å². The standard InChI is InChI=1S/C42H64N4O8/c1-11-13-14-18-23-32-29(8)37(47)43-34(26(3)4)40(50)45(10)36(28(7)12-2)42(52)54-33(25-30-20-16-15-17-21-30)39(49)46-24-19-22-31(46)38(48)44(9)35(27(5)6)41(51)53-32/h11,15-17,20-21,26-29,31-36H,1,12-14,18-19,22-25H2,2-10H3,(H,43,47). The van der Waals surface area contributed by atoms with Crippen molar-refractivity contribution in [2.75, 3.05) is 20.6 Å². The topological polar surface area (TPSA) is 143 Å². The van der Waals surface area contributed by atoms with Gasteiger partial charge in [0.2, 0.25) is 17.7 Å². The molecule has 1 aromatic carbocycles. The molecule has 0 aromatic heterocycles. The van der Waals surface area contributed by atoms with Crippen molar-refractivity contribution in [2.45, 2.75) is 136 Å². The Kier molecular flexibility index (Phi) is 16.7. The molecule has 2 aliphatic heterocycles. The zero-order valence-corrected chi connectivity index (χ0v) is 33.9. The molecular weight excluding hydrogens is 688 g/mol. The number of esters is 2. The van der Waals surface area contributed by atoms with Crippen LogP contribution in [0.15, 0.2) is 43.0 Å². The number of fused-ring (bicyclic) bond motifs is 1. The fourth-order valence-electron chi connectivity index (χ4n) is 7.52. The molecule has 300 valence electrons. The lowest BCUT2D eigenvalue weighted by atomic mass is 9.94. The number of allylic oxidation sites excluding steroid dienone is 1. The molecule has 8 unspecified atom stereocenters. The van der Waals surface area contributed by atoms with E-state index in [1.807, 2.05) is 64.1 Å². The molecule has 54 heavy (non-hydrogen) atoms. The third-order valence-electron chi connectivity index (χ3n) is 11.1. The molecule has 0 aliphatic carbocycles. The van der Waals surface area contributed by atoms with Gasteiger partial charge in [-0.1, -0.05) is 91.3 Å². The molecule has 0 spiro atoms. The Hall–Kier alpha value is -4.22. The van der Waals surface area contributed by atoms with Crippen molar-refractivity contribution in [3.8, 4) is 0 Å². The number of hydrogen-bond donors (Lipinski definition) is 1. The summed E-state index contributed by atoms with van der Waals surface area (Å²) in [7, 11) is 3.06. The summed E-state index contributed by atoms with van der Waals surface area (Å²) in [6, 6.07) is 5.19. The molecule has 12 heteroatoms. The number of nitrogens with zero attached hydrogens (tertiary/aromatic N) is 3. The zero-order chi connectivity index (χ0) is 40.3. The van der Waals surface area contributed by atoms with Gasteiger partial charge in [-0.15, -0.1) is 6.58 Å². The number of benzene rings is 1. The Morgan fingerprint density at radius 2 is 1.48 bits per heavy atom. The Morgan fingerprint density at radius 3 is 2.07 bits per heavy atom. The van der Waals surface area contributed by atoms with Crippen molar-refractivity contribution in [1.82, 2.24) is 20.0 Å². The number of ether oxygens (including phenoxy) is 2. The Labute approximate surface area is 322 Å². The molecule has 0 bridgehead atoms. The fourth-order valence-corrected chi connectivity index (χ4v) is 7.52. The number of rotatable bonds is 11. The number of hydrogen-bond acceptors (Lipinski definition) is 8. The van der Waals surface area contributed by atoms with Crippen LogP contribution in [-0.2, 0) is 44.7 Å². The van der Waals surface area contributed by atoms with E-state index in [0.29, 0.717) is 32.1 Å². The first kappa shape index (κ1) is 44.2.